The summed E-state index contributed by atoms with van der Waals surface area (Å²) in [4.78, 5) is 12.4. The van der Waals surface area contributed by atoms with Gasteiger partial charge >= 0.3 is 5.97 Å². The van der Waals surface area contributed by atoms with E-state index in [-0.39, 0.29) is 0 Å². The molecule has 0 aromatic heterocycles. The van der Waals surface area contributed by atoms with Crippen molar-refractivity contribution in [3.05, 3.63) is 12.3 Å². The van der Waals surface area contributed by atoms with Gasteiger partial charge in [0.2, 0.25) is 0 Å². The molecule has 3 nitrogen and oxygen atoms in total. The van der Waals surface area contributed by atoms with Gasteiger partial charge in [0.15, 0.2) is 0 Å². The Labute approximate surface area is 85.4 Å². The molecule has 0 aliphatic carbocycles. The lowest BCUT2D eigenvalue weighted by Crippen LogP contribution is -2.35. The van der Waals surface area contributed by atoms with Crippen LogP contribution in [-0.2, 0) is 4.79 Å². The van der Waals surface area contributed by atoms with Crippen molar-refractivity contribution in [1.29, 1.82) is 0 Å². The quantitative estimate of drug-likeness (QED) is 0.704. The molecule has 1 aliphatic rings. The van der Waals surface area contributed by atoms with Crippen molar-refractivity contribution in [2.24, 2.45) is 5.41 Å². The Morgan fingerprint density at radius 1 is 1.50 bits per heavy atom. The second-order valence-corrected chi connectivity index (χ2v) is 4.35. The Bertz CT molecular complexity index is 227. The van der Waals surface area contributed by atoms with Crippen molar-refractivity contribution < 1.29 is 9.90 Å². The first-order valence-electron chi connectivity index (χ1n) is 5.21. The average molecular weight is 197 g/mol. The Hall–Kier alpha value is -0.990. The van der Waals surface area contributed by atoms with Gasteiger partial charge < -0.3 is 10.0 Å². The highest BCUT2D eigenvalue weighted by Crippen LogP contribution is 2.33. The molecule has 0 radical (unpaired) electrons. The fourth-order valence-corrected chi connectivity index (χ4v) is 1.74. The summed E-state index contributed by atoms with van der Waals surface area (Å²) in [5.74, 6) is -0.867. The van der Waals surface area contributed by atoms with E-state index in [4.69, 9.17) is 5.11 Å². The molecule has 0 spiro atoms. The summed E-state index contributed by atoms with van der Waals surface area (Å²) in [7, 11) is 0. The van der Waals surface area contributed by atoms with Crippen LogP contribution in [0.1, 0.15) is 33.1 Å². The molecular formula is C11H19NO2. The Kier molecular flexibility index (Phi) is 3.55. The Morgan fingerprint density at radius 2 is 2.07 bits per heavy atom. The summed E-state index contributed by atoms with van der Waals surface area (Å²) in [5, 5.41) is 8.48. The summed E-state index contributed by atoms with van der Waals surface area (Å²) < 4.78 is 0. The topological polar surface area (TPSA) is 40.5 Å². The molecule has 3 heteroatoms. The molecule has 14 heavy (non-hydrogen) atoms. The van der Waals surface area contributed by atoms with Crippen LogP contribution in [0.3, 0.4) is 0 Å². The van der Waals surface area contributed by atoms with E-state index in [1.54, 1.807) is 6.20 Å². The molecule has 1 saturated heterocycles. The largest absolute Gasteiger partial charge is 0.478 e. The lowest BCUT2D eigenvalue weighted by Gasteiger charge is -2.38. The van der Waals surface area contributed by atoms with Gasteiger partial charge in [0, 0.05) is 25.4 Å². The van der Waals surface area contributed by atoms with Crippen LogP contribution in [0.4, 0.5) is 0 Å². The normalized spacial score (nSPS) is 21.4. The standard InChI is InChI=1S/C11H19NO2/c1-3-11(2)5-8-12(9-6-11)7-4-10(13)14/h4,7H,3,5-6,8-9H2,1-2H3,(H,13,14). The lowest BCUT2D eigenvalue weighted by atomic mass is 9.78. The Balaban J connectivity index is 2.39. The molecule has 1 N–H and O–H groups in total. The van der Waals surface area contributed by atoms with Crippen molar-refractivity contribution >= 4 is 5.97 Å². The summed E-state index contributed by atoms with van der Waals surface area (Å²) in [6, 6.07) is 0. The second-order valence-electron chi connectivity index (χ2n) is 4.35. The maximum absolute atomic E-state index is 10.3. The van der Waals surface area contributed by atoms with E-state index in [0.717, 1.165) is 25.9 Å². The minimum Gasteiger partial charge on any atom is -0.478 e. The zero-order valence-electron chi connectivity index (χ0n) is 8.99. The first-order chi connectivity index (χ1) is 6.56. The van der Waals surface area contributed by atoms with Crippen LogP contribution in [0.2, 0.25) is 0 Å². The number of hydrogen-bond donors (Lipinski definition) is 1. The van der Waals surface area contributed by atoms with Crippen molar-refractivity contribution in [2.45, 2.75) is 33.1 Å². The first kappa shape index (κ1) is 11.1. The molecule has 1 fully saturated rings. The molecule has 0 saturated carbocycles. The fraction of sp³-hybridized carbons (Fsp3) is 0.727. The van der Waals surface area contributed by atoms with Crippen molar-refractivity contribution in [2.75, 3.05) is 13.1 Å². The van der Waals surface area contributed by atoms with Crippen molar-refractivity contribution in [3.8, 4) is 0 Å². The van der Waals surface area contributed by atoms with Gasteiger partial charge in [-0.1, -0.05) is 20.3 Å². The van der Waals surface area contributed by atoms with E-state index in [2.05, 4.69) is 18.7 Å². The number of carboxylic acids is 1. The third-order valence-corrected chi connectivity index (χ3v) is 3.29. The predicted molar refractivity (Wildman–Crippen MR) is 56.0 cm³/mol. The molecule has 0 unspecified atom stereocenters. The molecule has 1 rings (SSSR count). The molecule has 0 aromatic rings. The summed E-state index contributed by atoms with van der Waals surface area (Å²) in [5.41, 5.74) is 0.466. The molecule has 0 bridgehead atoms. The number of hydrogen-bond acceptors (Lipinski definition) is 2. The molecule has 0 amide bonds. The zero-order chi connectivity index (χ0) is 10.6. The minimum atomic E-state index is -0.867. The van der Waals surface area contributed by atoms with Gasteiger partial charge in [0.1, 0.15) is 0 Å². The summed E-state index contributed by atoms with van der Waals surface area (Å²) >= 11 is 0. The van der Waals surface area contributed by atoms with Crippen LogP contribution >= 0.6 is 0 Å². The molecule has 0 atom stereocenters. The maximum atomic E-state index is 10.3. The maximum Gasteiger partial charge on any atom is 0.329 e. The number of nitrogens with zero attached hydrogens (tertiary/aromatic N) is 1. The summed E-state index contributed by atoms with van der Waals surface area (Å²) in [6.45, 7) is 6.50. The van der Waals surface area contributed by atoms with Crippen LogP contribution in [-0.4, -0.2) is 29.1 Å². The predicted octanol–water partition coefficient (Wildman–Crippen LogP) is 2.10. The third-order valence-electron chi connectivity index (χ3n) is 3.29. The highest BCUT2D eigenvalue weighted by Gasteiger charge is 2.26. The van der Waals surface area contributed by atoms with Crippen molar-refractivity contribution in [3.63, 3.8) is 0 Å². The van der Waals surface area contributed by atoms with E-state index in [1.165, 1.54) is 12.5 Å². The molecule has 0 aromatic carbocycles. The van der Waals surface area contributed by atoms with E-state index < -0.39 is 5.97 Å². The smallest absolute Gasteiger partial charge is 0.329 e. The highest BCUT2D eigenvalue weighted by molar-refractivity contribution is 5.79. The highest BCUT2D eigenvalue weighted by atomic mass is 16.4. The molecule has 80 valence electrons. The van der Waals surface area contributed by atoms with E-state index in [9.17, 15) is 4.79 Å². The van der Waals surface area contributed by atoms with Gasteiger partial charge in [-0.05, 0) is 18.3 Å². The van der Waals surface area contributed by atoms with Gasteiger partial charge in [-0.3, -0.25) is 0 Å². The van der Waals surface area contributed by atoms with Crippen LogP contribution in [0.5, 0.6) is 0 Å². The average Bonchev–Trinajstić information content (AvgIpc) is 2.17. The van der Waals surface area contributed by atoms with Gasteiger partial charge in [-0.2, -0.15) is 0 Å². The van der Waals surface area contributed by atoms with Crippen molar-refractivity contribution in [1.82, 2.24) is 4.90 Å². The number of carboxylic acid groups (broad SMARTS) is 1. The molecular weight excluding hydrogens is 178 g/mol. The van der Waals surface area contributed by atoms with Crippen LogP contribution in [0.25, 0.3) is 0 Å². The van der Waals surface area contributed by atoms with Crippen LogP contribution in [0.15, 0.2) is 12.3 Å². The van der Waals surface area contributed by atoms with E-state index in [1.807, 2.05) is 0 Å². The molecule has 1 aliphatic heterocycles. The number of likely N-dealkylation sites (tertiary alicyclic amines) is 1. The Morgan fingerprint density at radius 3 is 2.50 bits per heavy atom. The van der Waals surface area contributed by atoms with Gasteiger partial charge in [0.05, 0.1) is 0 Å². The lowest BCUT2D eigenvalue weighted by molar-refractivity contribution is -0.131. The third kappa shape index (κ3) is 3.05. The van der Waals surface area contributed by atoms with Gasteiger partial charge in [-0.15, -0.1) is 0 Å². The number of carbonyl (C=O) groups is 1. The first-order valence-corrected chi connectivity index (χ1v) is 5.21. The SMILES string of the molecule is CCC1(C)CCN(C=CC(=O)O)CC1. The van der Waals surface area contributed by atoms with Gasteiger partial charge in [0.25, 0.3) is 0 Å². The number of rotatable bonds is 3. The summed E-state index contributed by atoms with van der Waals surface area (Å²) in [6.07, 6.45) is 6.44. The number of piperidine rings is 1. The van der Waals surface area contributed by atoms with Crippen LogP contribution < -0.4 is 0 Å². The number of aliphatic carboxylic acids is 1. The fourth-order valence-electron chi connectivity index (χ4n) is 1.74. The monoisotopic (exact) mass is 197 g/mol. The zero-order valence-corrected chi connectivity index (χ0v) is 8.99. The minimum absolute atomic E-state index is 0.466. The second kappa shape index (κ2) is 4.49. The van der Waals surface area contributed by atoms with Crippen LogP contribution in [0, 0.1) is 5.41 Å². The van der Waals surface area contributed by atoms with E-state index in [0.29, 0.717) is 5.41 Å². The van der Waals surface area contributed by atoms with E-state index >= 15 is 0 Å². The molecule has 1 heterocycles. The van der Waals surface area contributed by atoms with Gasteiger partial charge in [-0.25, -0.2) is 4.79 Å².